The van der Waals surface area contributed by atoms with Crippen LogP contribution in [-0.4, -0.2) is 17.1 Å². The van der Waals surface area contributed by atoms with Crippen LogP contribution in [0.1, 0.15) is 5.56 Å². The third-order valence-corrected chi connectivity index (χ3v) is 1.99. The van der Waals surface area contributed by atoms with Crippen LogP contribution < -0.4 is 9.47 Å². The molecule has 84 valence electrons. The van der Waals surface area contributed by atoms with E-state index >= 15 is 0 Å². The summed E-state index contributed by atoms with van der Waals surface area (Å²) < 4.78 is 10.4. The summed E-state index contributed by atoms with van der Waals surface area (Å²) in [4.78, 5) is 7.95. The first-order valence-corrected chi connectivity index (χ1v) is 4.87. The second-order valence-electron chi connectivity index (χ2n) is 3.12. The number of hydrogen-bond donors (Lipinski definition) is 0. The Morgan fingerprint density at radius 2 is 2.18 bits per heavy atom. The van der Waals surface area contributed by atoms with Crippen LogP contribution in [0.3, 0.4) is 0 Å². The minimum atomic E-state index is 0.180. The molecule has 0 radical (unpaired) electrons. The van der Waals surface area contributed by atoms with Gasteiger partial charge in [0, 0.05) is 12.3 Å². The molecular weight excluding hydrogens is 218 g/mol. The van der Waals surface area contributed by atoms with Gasteiger partial charge in [-0.2, -0.15) is 10.2 Å². The number of ether oxygens (including phenoxy) is 2. The predicted molar refractivity (Wildman–Crippen MR) is 59.8 cm³/mol. The summed E-state index contributed by atoms with van der Waals surface area (Å²) in [5, 5.41) is 8.75. The van der Waals surface area contributed by atoms with E-state index in [4.69, 9.17) is 14.7 Å². The Bertz CT molecular complexity index is 564. The molecular formula is C12H9N3O2. The monoisotopic (exact) mass is 227 g/mol. The van der Waals surface area contributed by atoms with Gasteiger partial charge in [0.1, 0.15) is 5.75 Å². The van der Waals surface area contributed by atoms with Crippen LogP contribution in [0, 0.1) is 11.3 Å². The van der Waals surface area contributed by atoms with Crippen molar-refractivity contribution in [1.29, 1.82) is 5.26 Å². The molecule has 0 aliphatic rings. The summed E-state index contributed by atoms with van der Waals surface area (Å²) in [6.07, 6.45) is 1.54. The Morgan fingerprint density at radius 3 is 2.94 bits per heavy atom. The Kier molecular flexibility index (Phi) is 3.17. The van der Waals surface area contributed by atoms with Gasteiger partial charge in [-0.05, 0) is 18.2 Å². The number of rotatable bonds is 3. The third-order valence-electron chi connectivity index (χ3n) is 1.99. The highest BCUT2D eigenvalue weighted by Crippen LogP contribution is 2.19. The first-order valence-electron chi connectivity index (χ1n) is 4.87. The van der Waals surface area contributed by atoms with Gasteiger partial charge in [-0.25, -0.2) is 4.98 Å². The van der Waals surface area contributed by atoms with Gasteiger partial charge < -0.3 is 9.47 Å². The average molecular weight is 227 g/mol. The molecule has 2 rings (SSSR count). The van der Waals surface area contributed by atoms with E-state index in [1.165, 1.54) is 13.3 Å². The Labute approximate surface area is 98.3 Å². The first-order chi connectivity index (χ1) is 8.31. The van der Waals surface area contributed by atoms with E-state index in [1.54, 1.807) is 30.3 Å². The van der Waals surface area contributed by atoms with Gasteiger partial charge >= 0.3 is 6.01 Å². The molecule has 0 atom stereocenters. The lowest BCUT2D eigenvalue weighted by molar-refractivity contribution is 0.376. The van der Waals surface area contributed by atoms with Gasteiger partial charge in [0.25, 0.3) is 0 Å². The lowest BCUT2D eigenvalue weighted by Gasteiger charge is -2.04. The Morgan fingerprint density at radius 1 is 1.29 bits per heavy atom. The number of nitriles is 1. The molecule has 2 aromatic rings. The van der Waals surface area contributed by atoms with Crippen molar-refractivity contribution in [2.24, 2.45) is 0 Å². The molecule has 0 N–H and O–H groups in total. The van der Waals surface area contributed by atoms with E-state index in [9.17, 15) is 0 Å². The van der Waals surface area contributed by atoms with E-state index < -0.39 is 0 Å². The van der Waals surface area contributed by atoms with E-state index in [0.717, 1.165) is 0 Å². The van der Waals surface area contributed by atoms with Crippen molar-refractivity contribution in [1.82, 2.24) is 9.97 Å². The maximum Gasteiger partial charge on any atom is 0.325 e. The van der Waals surface area contributed by atoms with Gasteiger partial charge in [-0.1, -0.05) is 6.07 Å². The highest BCUT2D eigenvalue weighted by Gasteiger charge is 2.02. The van der Waals surface area contributed by atoms with Crippen LogP contribution in [-0.2, 0) is 0 Å². The molecule has 0 unspecified atom stereocenters. The van der Waals surface area contributed by atoms with Crippen LogP contribution in [0.25, 0.3) is 0 Å². The van der Waals surface area contributed by atoms with Crippen LogP contribution >= 0.6 is 0 Å². The zero-order chi connectivity index (χ0) is 12.1. The lowest BCUT2D eigenvalue weighted by Crippen LogP contribution is -1.94. The average Bonchev–Trinajstić information content (AvgIpc) is 2.39. The van der Waals surface area contributed by atoms with E-state index in [2.05, 4.69) is 9.97 Å². The van der Waals surface area contributed by atoms with Crippen LogP contribution in [0.2, 0.25) is 0 Å². The Hall–Kier alpha value is -2.61. The molecule has 0 aliphatic heterocycles. The van der Waals surface area contributed by atoms with Gasteiger partial charge in [0.2, 0.25) is 5.88 Å². The molecule has 1 heterocycles. The normalized spacial score (nSPS) is 9.41. The Balaban J connectivity index is 2.22. The van der Waals surface area contributed by atoms with E-state index in [-0.39, 0.29) is 6.01 Å². The number of benzene rings is 1. The van der Waals surface area contributed by atoms with Crippen LogP contribution in [0.5, 0.6) is 17.6 Å². The number of aromatic nitrogens is 2. The van der Waals surface area contributed by atoms with Crippen LogP contribution in [0.15, 0.2) is 36.5 Å². The minimum Gasteiger partial charge on any atom is -0.481 e. The van der Waals surface area contributed by atoms with Crippen molar-refractivity contribution in [2.75, 3.05) is 7.11 Å². The summed E-state index contributed by atoms with van der Waals surface area (Å²) in [5.74, 6) is 0.934. The molecule has 17 heavy (non-hydrogen) atoms. The predicted octanol–water partition coefficient (Wildman–Crippen LogP) is 2.15. The van der Waals surface area contributed by atoms with Crippen molar-refractivity contribution < 1.29 is 9.47 Å². The fraction of sp³-hybridized carbons (Fsp3) is 0.0833. The van der Waals surface area contributed by atoms with Gasteiger partial charge in [0.05, 0.1) is 18.7 Å². The molecule has 5 nitrogen and oxygen atoms in total. The summed E-state index contributed by atoms with van der Waals surface area (Å²) >= 11 is 0. The molecule has 1 aromatic heterocycles. The molecule has 0 bridgehead atoms. The van der Waals surface area contributed by atoms with E-state index in [0.29, 0.717) is 17.2 Å². The van der Waals surface area contributed by atoms with Crippen molar-refractivity contribution >= 4 is 0 Å². The quantitative estimate of drug-likeness (QED) is 0.803. The smallest absolute Gasteiger partial charge is 0.325 e. The van der Waals surface area contributed by atoms with Crippen LogP contribution in [0.4, 0.5) is 0 Å². The van der Waals surface area contributed by atoms with Gasteiger partial charge in [0.15, 0.2) is 0 Å². The zero-order valence-corrected chi connectivity index (χ0v) is 9.12. The number of methoxy groups -OCH3 is 1. The fourth-order valence-electron chi connectivity index (χ4n) is 1.22. The SMILES string of the molecule is COc1ccnc(Oc2cccc(C#N)c2)n1. The van der Waals surface area contributed by atoms with Gasteiger partial charge in [-0.15, -0.1) is 0 Å². The topological polar surface area (TPSA) is 68.0 Å². The molecule has 5 heteroatoms. The van der Waals surface area contributed by atoms with Crippen molar-refractivity contribution in [3.8, 4) is 23.7 Å². The zero-order valence-electron chi connectivity index (χ0n) is 9.12. The lowest BCUT2D eigenvalue weighted by atomic mass is 10.2. The standard InChI is InChI=1S/C12H9N3O2/c1-16-11-5-6-14-12(15-11)17-10-4-2-3-9(7-10)8-13/h2-7H,1H3. The number of nitrogens with zero attached hydrogens (tertiary/aromatic N) is 3. The van der Waals surface area contributed by atoms with Crippen molar-refractivity contribution in [3.05, 3.63) is 42.1 Å². The highest BCUT2D eigenvalue weighted by atomic mass is 16.5. The minimum absolute atomic E-state index is 0.180. The summed E-state index contributed by atoms with van der Waals surface area (Å²) in [6.45, 7) is 0. The second-order valence-corrected chi connectivity index (χ2v) is 3.12. The largest absolute Gasteiger partial charge is 0.481 e. The van der Waals surface area contributed by atoms with Crippen molar-refractivity contribution in [2.45, 2.75) is 0 Å². The molecule has 0 saturated carbocycles. The van der Waals surface area contributed by atoms with Gasteiger partial charge in [-0.3, -0.25) is 0 Å². The fourth-order valence-corrected chi connectivity index (χ4v) is 1.22. The van der Waals surface area contributed by atoms with E-state index in [1.807, 2.05) is 6.07 Å². The maximum absolute atomic E-state index is 8.75. The molecule has 0 saturated heterocycles. The second kappa shape index (κ2) is 4.94. The maximum atomic E-state index is 8.75. The number of hydrogen-bond acceptors (Lipinski definition) is 5. The third kappa shape index (κ3) is 2.69. The van der Waals surface area contributed by atoms with Crippen molar-refractivity contribution in [3.63, 3.8) is 0 Å². The molecule has 0 aliphatic carbocycles. The summed E-state index contributed by atoms with van der Waals surface area (Å²) in [5.41, 5.74) is 0.519. The molecule has 0 fully saturated rings. The molecule has 0 amide bonds. The molecule has 0 spiro atoms. The highest BCUT2D eigenvalue weighted by molar-refractivity contribution is 5.37. The first kappa shape index (κ1) is 10.9. The summed E-state index contributed by atoms with van der Waals surface area (Å²) in [7, 11) is 1.52. The molecule has 1 aromatic carbocycles. The summed E-state index contributed by atoms with van der Waals surface area (Å²) in [6, 6.07) is 10.6.